The monoisotopic (exact) mass is 291 g/mol. The van der Waals surface area contributed by atoms with Gasteiger partial charge in [0.15, 0.2) is 0 Å². The fourth-order valence-corrected chi connectivity index (χ4v) is 2.66. The van der Waals surface area contributed by atoms with Crippen LogP contribution in [-0.2, 0) is 0 Å². The van der Waals surface area contributed by atoms with Gasteiger partial charge in [-0.25, -0.2) is 0 Å². The Morgan fingerprint density at radius 2 is 1.90 bits per heavy atom. The fraction of sp³-hybridized carbons (Fsp3) is 0.588. The molecule has 21 heavy (non-hydrogen) atoms. The van der Waals surface area contributed by atoms with Gasteiger partial charge in [0.05, 0.1) is 0 Å². The number of nitrogens with zero attached hydrogens (tertiary/aromatic N) is 2. The molecule has 0 aliphatic heterocycles. The summed E-state index contributed by atoms with van der Waals surface area (Å²) in [7, 11) is 0. The van der Waals surface area contributed by atoms with Crippen molar-refractivity contribution in [3.63, 3.8) is 0 Å². The van der Waals surface area contributed by atoms with Crippen molar-refractivity contribution in [2.45, 2.75) is 58.5 Å². The third kappa shape index (κ3) is 5.76. The Morgan fingerprint density at radius 3 is 2.43 bits per heavy atom. The minimum absolute atomic E-state index is 0.152. The first-order chi connectivity index (χ1) is 10.1. The van der Waals surface area contributed by atoms with Gasteiger partial charge in [0.25, 0.3) is 0 Å². The average Bonchev–Trinajstić information content (AvgIpc) is 2.50. The molecule has 0 saturated carbocycles. The molecule has 0 aliphatic rings. The average molecular weight is 291 g/mol. The Hall–Kier alpha value is -1.55. The largest absolute Gasteiger partial charge is 0.409 e. The first-order valence-electron chi connectivity index (χ1n) is 7.87. The molecular formula is C17H29N3O. The molecular weight excluding hydrogens is 262 g/mol. The molecule has 1 aromatic rings. The summed E-state index contributed by atoms with van der Waals surface area (Å²) in [5.41, 5.74) is 6.99. The Balaban J connectivity index is 2.95. The van der Waals surface area contributed by atoms with E-state index in [1.165, 1.54) is 24.8 Å². The van der Waals surface area contributed by atoms with E-state index in [0.717, 1.165) is 6.54 Å². The predicted molar refractivity (Wildman–Crippen MR) is 88.6 cm³/mol. The molecule has 0 amide bonds. The summed E-state index contributed by atoms with van der Waals surface area (Å²) in [5, 5.41) is 12.1. The van der Waals surface area contributed by atoms with Gasteiger partial charge in [0, 0.05) is 18.5 Å². The zero-order valence-corrected chi connectivity index (χ0v) is 13.5. The van der Waals surface area contributed by atoms with Crippen molar-refractivity contribution in [2.24, 2.45) is 10.9 Å². The molecule has 0 saturated heterocycles. The molecule has 0 aromatic heterocycles. The second-order valence-electron chi connectivity index (χ2n) is 5.76. The molecule has 0 bridgehead atoms. The molecule has 4 nitrogen and oxygen atoms in total. The van der Waals surface area contributed by atoms with E-state index in [-0.39, 0.29) is 11.9 Å². The second kappa shape index (κ2) is 9.40. The molecule has 0 spiro atoms. The van der Waals surface area contributed by atoms with Gasteiger partial charge in [0.1, 0.15) is 5.84 Å². The van der Waals surface area contributed by atoms with Crippen molar-refractivity contribution in [1.29, 1.82) is 0 Å². The third-order valence-corrected chi connectivity index (χ3v) is 3.80. The molecule has 1 aromatic carbocycles. The molecule has 0 radical (unpaired) electrons. The maximum absolute atomic E-state index is 8.91. The van der Waals surface area contributed by atoms with E-state index >= 15 is 0 Å². The summed E-state index contributed by atoms with van der Waals surface area (Å²) < 4.78 is 0. The number of hydrogen-bond acceptors (Lipinski definition) is 3. The first kappa shape index (κ1) is 17.5. The standard InChI is InChI=1S/C17H29N3O/c1-4-5-9-12-20(14(2)3)16(13-17(18)19-21)15-10-7-6-8-11-15/h6-8,10-11,14,16,21H,4-5,9,12-13H2,1-3H3,(H2,18,19). The van der Waals surface area contributed by atoms with Gasteiger partial charge in [-0.1, -0.05) is 55.3 Å². The van der Waals surface area contributed by atoms with Crippen molar-refractivity contribution in [2.75, 3.05) is 6.54 Å². The lowest BCUT2D eigenvalue weighted by Crippen LogP contribution is -2.38. The number of benzene rings is 1. The molecule has 1 rings (SSSR count). The van der Waals surface area contributed by atoms with Crippen LogP contribution in [0.15, 0.2) is 35.5 Å². The topological polar surface area (TPSA) is 61.8 Å². The highest BCUT2D eigenvalue weighted by Gasteiger charge is 2.23. The maximum atomic E-state index is 8.91. The summed E-state index contributed by atoms with van der Waals surface area (Å²) in [6.07, 6.45) is 4.16. The smallest absolute Gasteiger partial charge is 0.141 e. The van der Waals surface area contributed by atoms with E-state index in [2.05, 4.69) is 43.0 Å². The van der Waals surface area contributed by atoms with E-state index in [1.54, 1.807) is 0 Å². The number of rotatable bonds is 9. The van der Waals surface area contributed by atoms with Gasteiger partial charge in [-0.2, -0.15) is 0 Å². The minimum Gasteiger partial charge on any atom is -0.409 e. The van der Waals surface area contributed by atoms with Crippen LogP contribution in [-0.4, -0.2) is 28.5 Å². The lowest BCUT2D eigenvalue weighted by molar-refractivity contribution is 0.152. The normalized spacial score (nSPS) is 13.9. The Kier molecular flexibility index (Phi) is 7.83. The highest BCUT2D eigenvalue weighted by Crippen LogP contribution is 2.27. The maximum Gasteiger partial charge on any atom is 0.141 e. The summed E-state index contributed by atoms with van der Waals surface area (Å²) in [5.74, 6) is 0.282. The van der Waals surface area contributed by atoms with Gasteiger partial charge in [-0.05, 0) is 32.4 Å². The SMILES string of the molecule is CCCCCN(C(C)C)C(CC(N)=NO)c1ccccc1. The van der Waals surface area contributed by atoms with Crippen LogP contribution in [0.3, 0.4) is 0 Å². The van der Waals surface area contributed by atoms with Gasteiger partial charge in [-0.3, -0.25) is 4.90 Å². The summed E-state index contributed by atoms with van der Waals surface area (Å²) in [6, 6.07) is 10.9. The van der Waals surface area contributed by atoms with Crippen molar-refractivity contribution in [3.8, 4) is 0 Å². The van der Waals surface area contributed by atoms with E-state index < -0.39 is 0 Å². The molecule has 1 atom stereocenters. The molecule has 4 heteroatoms. The van der Waals surface area contributed by atoms with Crippen molar-refractivity contribution >= 4 is 5.84 Å². The quantitative estimate of drug-likeness (QED) is 0.239. The lowest BCUT2D eigenvalue weighted by Gasteiger charge is -2.35. The van der Waals surface area contributed by atoms with Gasteiger partial charge >= 0.3 is 0 Å². The first-order valence-corrected chi connectivity index (χ1v) is 7.87. The van der Waals surface area contributed by atoms with Crippen LogP contribution in [0.2, 0.25) is 0 Å². The molecule has 0 heterocycles. The molecule has 0 aliphatic carbocycles. The van der Waals surface area contributed by atoms with Crippen LogP contribution in [0.1, 0.15) is 58.1 Å². The second-order valence-corrected chi connectivity index (χ2v) is 5.76. The van der Waals surface area contributed by atoms with Crippen LogP contribution < -0.4 is 5.73 Å². The lowest BCUT2D eigenvalue weighted by atomic mass is 9.99. The Bertz CT molecular complexity index is 417. The zero-order valence-electron chi connectivity index (χ0n) is 13.5. The zero-order chi connectivity index (χ0) is 15.7. The van der Waals surface area contributed by atoms with E-state index in [0.29, 0.717) is 12.5 Å². The highest BCUT2D eigenvalue weighted by molar-refractivity contribution is 5.80. The molecule has 1 unspecified atom stereocenters. The van der Waals surface area contributed by atoms with Gasteiger partial charge < -0.3 is 10.9 Å². The molecule has 0 fully saturated rings. The van der Waals surface area contributed by atoms with Crippen LogP contribution >= 0.6 is 0 Å². The van der Waals surface area contributed by atoms with Crippen LogP contribution in [0.25, 0.3) is 0 Å². The van der Waals surface area contributed by atoms with Crippen molar-refractivity contribution in [3.05, 3.63) is 35.9 Å². The molecule has 118 valence electrons. The number of amidine groups is 1. The van der Waals surface area contributed by atoms with Gasteiger partial charge in [-0.15, -0.1) is 0 Å². The predicted octanol–water partition coefficient (Wildman–Crippen LogP) is 3.76. The van der Waals surface area contributed by atoms with Crippen molar-refractivity contribution in [1.82, 2.24) is 4.90 Å². The van der Waals surface area contributed by atoms with Crippen molar-refractivity contribution < 1.29 is 5.21 Å². The van der Waals surface area contributed by atoms with Gasteiger partial charge in [0.2, 0.25) is 0 Å². The minimum atomic E-state index is 0.152. The Labute approximate surface area is 128 Å². The van der Waals surface area contributed by atoms with E-state index in [4.69, 9.17) is 10.9 Å². The fourth-order valence-electron chi connectivity index (χ4n) is 2.66. The van der Waals surface area contributed by atoms with E-state index in [1.807, 2.05) is 18.2 Å². The van der Waals surface area contributed by atoms with Crippen LogP contribution in [0, 0.1) is 0 Å². The summed E-state index contributed by atoms with van der Waals surface area (Å²) in [6.45, 7) is 7.65. The third-order valence-electron chi connectivity index (χ3n) is 3.80. The number of nitrogens with two attached hydrogens (primary N) is 1. The number of unbranched alkanes of at least 4 members (excludes halogenated alkanes) is 2. The summed E-state index contributed by atoms with van der Waals surface area (Å²) in [4.78, 5) is 2.45. The van der Waals surface area contributed by atoms with Crippen LogP contribution in [0.4, 0.5) is 0 Å². The van der Waals surface area contributed by atoms with E-state index in [9.17, 15) is 0 Å². The number of oxime groups is 1. The Morgan fingerprint density at radius 1 is 1.24 bits per heavy atom. The summed E-state index contributed by atoms with van der Waals surface area (Å²) >= 11 is 0. The molecule has 3 N–H and O–H groups in total. The highest BCUT2D eigenvalue weighted by atomic mass is 16.4. The van der Waals surface area contributed by atoms with Crippen LogP contribution in [0.5, 0.6) is 0 Å². The number of hydrogen-bond donors (Lipinski definition) is 2.